The van der Waals surface area contributed by atoms with E-state index in [4.69, 9.17) is 5.73 Å². The molecular weight excluding hydrogens is 148 g/mol. The van der Waals surface area contributed by atoms with Crippen LogP contribution in [0.25, 0.3) is 0 Å². The smallest absolute Gasteiger partial charge is 0.00670 e. The van der Waals surface area contributed by atoms with E-state index < -0.39 is 0 Å². The van der Waals surface area contributed by atoms with E-state index in [0.717, 1.165) is 6.04 Å². The van der Waals surface area contributed by atoms with Gasteiger partial charge in [0.25, 0.3) is 0 Å². The lowest BCUT2D eigenvalue weighted by molar-refractivity contribution is 0.336. The Labute approximate surface area is 75.9 Å². The summed E-state index contributed by atoms with van der Waals surface area (Å²) >= 11 is 0. The Kier molecular flexibility index (Phi) is 4.62. The van der Waals surface area contributed by atoms with Crippen LogP contribution in [0.2, 0.25) is 0 Å². The van der Waals surface area contributed by atoms with Gasteiger partial charge in [-0.05, 0) is 39.2 Å². The van der Waals surface area contributed by atoms with Crippen LogP contribution < -0.4 is 11.1 Å². The van der Waals surface area contributed by atoms with Gasteiger partial charge < -0.3 is 11.1 Å². The van der Waals surface area contributed by atoms with E-state index in [2.05, 4.69) is 12.2 Å². The van der Waals surface area contributed by atoms with Crippen LogP contribution in [0.3, 0.4) is 0 Å². The summed E-state index contributed by atoms with van der Waals surface area (Å²) in [6.45, 7) is 3.27. The Hall–Kier alpha value is -0.0800. The summed E-state index contributed by atoms with van der Waals surface area (Å²) in [6, 6.07) is 1.23. The third-order valence-corrected chi connectivity index (χ3v) is 2.62. The second-order valence-electron chi connectivity index (χ2n) is 4.06. The molecule has 1 aliphatic rings. The maximum absolute atomic E-state index is 5.65. The zero-order chi connectivity index (χ0) is 8.81. The monoisotopic (exact) mass is 170 g/mol. The second kappa shape index (κ2) is 5.55. The van der Waals surface area contributed by atoms with Gasteiger partial charge in [0.05, 0.1) is 0 Å². The predicted octanol–water partition coefficient (Wildman–Crippen LogP) is 1.65. The first kappa shape index (κ1) is 10.0. The lowest BCUT2D eigenvalue weighted by Gasteiger charge is -2.26. The van der Waals surface area contributed by atoms with Crippen molar-refractivity contribution < 1.29 is 0 Å². The Balaban J connectivity index is 1.76. The molecule has 1 atom stereocenters. The molecule has 0 bridgehead atoms. The highest BCUT2D eigenvalue weighted by Gasteiger charge is 2.15. The van der Waals surface area contributed by atoms with Crippen molar-refractivity contribution in [1.82, 2.24) is 5.32 Å². The second-order valence-corrected chi connectivity index (χ2v) is 4.06. The fraction of sp³-hybridized carbons (Fsp3) is 1.00. The molecule has 1 fully saturated rings. The van der Waals surface area contributed by atoms with Gasteiger partial charge in [0, 0.05) is 12.1 Å². The molecule has 1 unspecified atom stereocenters. The number of nitrogens with two attached hydrogens (primary N) is 1. The quantitative estimate of drug-likeness (QED) is 0.595. The summed E-state index contributed by atoms with van der Waals surface area (Å²) in [6.07, 6.45) is 7.96. The van der Waals surface area contributed by atoms with Gasteiger partial charge in [-0.1, -0.05) is 12.8 Å². The molecule has 0 heterocycles. The highest BCUT2D eigenvalue weighted by molar-refractivity contribution is 4.75. The number of nitrogens with one attached hydrogen (secondary N) is 1. The Morgan fingerprint density at radius 3 is 2.67 bits per heavy atom. The summed E-state index contributed by atoms with van der Waals surface area (Å²) in [5, 5.41) is 3.55. The van der Waals surface area contributed by atoms with Crippen molar-refractivity contribution in [3.8, 4) is 0 Å². The van der Waals surface area contributed by atoms with Crippen molar-refractivity contribution >= 4 is 0 Å². The van der Waals surface area contributed by atoms with Crippen molar-refractivity contribution in [2.45, 2.75) is 57.5 Å². The van der Waals surface area contributed by atoms with Gasteiger partial charge in [-0.15, -0.1) is 0 Å². The van der Waals surface area contributed by atoms with E-state index in [9.17, 15) is 0 Å². The van der Waals surface area contributed by atoms with E-state index in [1.54, 1.807) is 0 Å². The average Bonchev–Trinajstić information content (AvgIpc) is 1.92. The molecule has 1 rings (SSSR count). The van der Waals surface area contributed by atoms with E-state index in [1.807, 2.05) is 0 Å². The minimum atomic E-state index is 0.383. The molecule has 0 aliphatic heterocycles. The van der Waals surface area contributed by atoms with Crippen LogP contribution in [0, 0.1) is 0 Å². The zero-order valence-corrected chi connectivity index (χ0v) is 8.18. The van der Waals surface area contributed by atoms with Crippen LogP contribution in [0.5, 0.6) is 0 Å². The van der Waals surface area contributed by atoms with Crippen LogP contribution in [-0.4, -0.2) is 18.6 Å². The summed E-state index contributed by atoms with van der Waals surface area (Å²) in [4.78, 5) is 0. The first-order valence-electron chi connectivity index (χ1n) is 5.28. The lowest BCUT2D eigenvalue weighted by atomic mass is 9.93. The summed E-state index contributed by atoms with van der Waals surface area (Å²) in [5.74, 6) is 0. The van der Waals surface area contributed by atoms with Crippen LogP contribution in [0.1, 0.15) is 45.4 Å². The molecule has 1 aliphatic carbocycles. The molecule has 0 aromatic carbocycles. The maximum atomic E-state index is 5.65. The normalized spacial score (nSPS) is 20.5. The summed E-state index contributed by atoms with van der Waals surface area (Å²) < 4.78 is 0. The maximum Gasteiger partial charge on any atom is 0.00670 e. The van der Waals surface area contributed by atoms with Gasteiger partial charge in [0.1, 0.15) is 0 Å². The van der Waals surface area contributed by atoms with Gasteiger partial charge in [-0.3, -0.25) is 0 Å². The molecule has 0 saturated heterocycles. The molecular formula is C10H22N2. The molecule has 0 amide bonds. The zero-order valence-electron chi connectivity index (χ0n) is 8.18. The van der Waals surface area contributed by atoms with Crippen LogP contribution in [-0.2, 0) is 0 Å². The molecule has 12 heavy (non-hydrogen) atoms. The van der Waals surface area contributed by atoms with Gasteiger partial charge in [0.15, 0.2) is 0 Å². The summed E-state index contributed by atoms with van der Waals surface area (Å²) in [7, 11) is 0. The molecule has 0 radical (unpaired) electrons. The molecule has 0 spiro atoms. The molecule has 0 aromatic rings. The van der Waals surface area contributed by atoms with Crippen LogP contribution in [0.4, 0.5) is 0 Å². The molecule has 2 nitrogen and oxygen atoms in total. The lowest BCUT2D eigenvalue weighted by Crippen LogP contribution is -2.35. The van der Waals surface area contributed by atoms with E-state index in [0.29, 0.717) is 6.04 Å². The largest absolute Gasteiger partial charge is 0.328 e. The average molecular weight is 170 g/mol. The minimum absolute atomic E-state index is 0.383. The van der Waals surface area contributed by atoms with Crippen LogP contribution in [0.15, 0.2) is 0 Å². The highest BCUT2D eigenvalue weighted by atomic mass is 14.9. The molecule has 3 N–H and O–H groups in total. The first-order valence-corrected chi connectivity index (χ1v) is 5.28. The van der Waals surface area contributed by atoms with Crippen molar-refractivity contribution in [2.24, 2.45) is 5.73 Å². The van der Waals surface area contributed by atoms with E-state index in [-0.39, 0.29) is 0 Å². The highest BCUT2D eigenvalue weighted by Crippen LogP contribution is 2.17. The fourth-order valence-corrected chi connectivity index (χ4v) is 1.51. The van der Waals surface area contributed by atoms with Gasteiger partial charge in [-0.2, -0.15) is 0 Å². The third kappa shape index (κ3) is 4.07. The van der Waals surface area contributed by atoms with Crippen molar-refractivity contribution in [1.29, 1.82) is 0 Å². The van der Waals surface area contributed by atoms with E-state index >= 15 is 0 Å². The minimum Gasteiger partial charge on any atom is -0.328 e. The van der Waals surface area contributed by atoms with Crippen LogP contribution >= 0.6 is 0 Å². The van der Waals surface area contributed by atoms with Gasteiger partial charge in [0.2, 0.25) is 0 Å². The van der Waals surface area contributed by atoms with Crippen molar-refractivity contribution in [3.05, 3.63) is 0 Å². The number of hydrogen-bond acceptors (Lipinski definition) is 2. The SMILES string of the molecule is CC(N)CCCCNC1CCC1. The van der Waals surface area contributed by atoms with Crippen molar-refractivity contribution in [3.63, 3.8) is 0 Å². The predicted molar refractivity (Wildman–Crippen MR) is 53.1 cm³/mol. The molecule has 1 saturated carbocycles. The Morgan fingerprint density at radius 1 is 1.42 bits per heavy atom. The number of hydrogen-bond donors (Lipinski definition) is 2. The number of rotatable bonds is 6. The van der Waals surface area contributed by atoms with Gasteiger partial charge in [-0.25, -0.2) is 0 Å². The Bertz CT molecular complexity index is 108. The fourth-order valence-electron chi connectivity index (χ4n) is 1.51. The topological polar surface area (TPSA) is 38.0 Å². The third-order valence-electron chi connectivity index (χ3n) is 2.62. The van der Waals surface area contributed by atoms with Gasteiger partial charge >= 0.3 is 0 Å². The standard InChI is InChI=1S/C10H22N2/c1-9(11)5-2-3-8-12-10-6-4-7-10/h9-10,12H,2-8,11H2,1H3. The first-order chi connectivity index (χ1) is 5.79. The number of unbranched alkanes of at least 4 members (excludes halogenated alkanes) is 1. The molecule has 2 heteroatoms. The molecule has 72 valence electrons. The van der Waals surface area contributed by atoms with Crippen molar-refractivity contribution in [2.75, 3.05) is 6.54 Å². The molecule has 0 aromatic heterocycles. The summed E-state index contributed by atoms with van der Waals surface area (Å²) in [5.41, 5.74) is 5.65. The van der Waals surface area contributed by atoms with E-state index in [1.165, 1.54) is 45.1 Å². The Morgan fingerprint density at radius 2 is 2.17 bits per heavy atom.